The van der Waals surface area contributed by atoms with Gasteiger partial charge < -0.3 is 10.2 Å². The second-order valence-corrected chi connectivity index (χ2v) is 8.71. The number of nitrogens with zero attached hydrogens (tertiary/aromatic N) is 4. The number of hydrogen-bond donors (Lipinski definition) is 1. The quantitative estimate of drug-likeness (QED) is 0.816. The first-order valence-corrected chi connectivity index (χ1v) is 10.8. The van der Waals surface area contributed by atoms with E-state index in [0.29, 0.717) is 16.7 Å². The van der Waals surface area contributed by atoms with Gasteiger partial charge >= 0.3 is 0 Å². The van der Waals surface area contributed by atoms with Crippen LogP contribution in [0.2, 0.25) is 0 Å². The van der Waals surface area contributed by atoms with Crippen LogP contribution in [-0.4, -0.2) is 39.6 Å². The molecule has 1 amide bonds. The van der Waals surface area contributed by atoms with Crippen molar-refractivity contribution in [3.8, 4) is 0 Å². The lowest BCUT2D eigenvalue weighted by molar-refractivity contribution is -0.126. The highest BCUT2D eigenvalue weighted by Crippen LogP contribution is 2.27. The molecule has 2 fully saturated rings. The third-order valence-corrected chi connectivity index (χ3v) is 6.67. The van der Waals surface area contributed by atoms with Crippen LogP contribution < -0.4 is 15.8 Å². The number of piperidine rings is 1. The van der Waals surface area contributed by atoms with Gasteiger partial charge in [-0.05, 0) is 32.6 Å². The van der Waals surface area contributed by atoms with Gasteiger partial charge in [-0.2, -0.15) is 4.52 Å². The van der Waals surface area contributed by atoms with E-state index in [1.165, 1.54) is 47.6 Å². The minimum atomic E-state index is -0.141. The van der Waals surface area contributed by atoms with Crippen LogP contribution in [0.15, 0.2) is 10.9 Å². The molecule has 0 bridgehead atoms. The van der Waals surface area contributed by atoms with E-state index in [-0.39, 0.29) is 17.4 Å². The van der Waals surface area contributed by atoms with Gasteiger partial charge in [-0.15, -0.1) is 5.10 Å². The monoisotopic (exact) mass is 389 g/mol. The topological polar surface area (TPSA) is 79.6 Å². The molecule has 27 heavy (non-hydrogen) atoms. The number of anilines is 1. The molecule has 0 aromatic carbocycles. The van der Waals surface area contributed by atoms with E-state index in [9.17, 15) is 9.59 Å². The van der Waals surface area contributed by atoms with E-state index in [1.54, 1.807) is 0 Å². The smallest absolute Gasteiger partial charge is 0.275 e. The maximum absolute atomic E-state index is 12.6. The summed E-state index contributed by atoms with van der Waals surface area (Å²) in [5.74, 6) is 0.307. The number of nitrogens with one attached hydrogen (secondary N) is 1. The first kappa shape index (κ1) is 18.4. The summed E-state index contributed by atoms with van der Waals surface area (Å²) in [6, 6.07) is 1.86. The predicted octanol–water partition coefficient (Wildman–Crippen LogP) is 2.51. The molecule has 3 heterocycles. The maximum atomic E-state index is 12.6. The summed E-state index contributed by atoms with van der Waals surface area (Å²) in [7, 11) is 0. The maximum Gasteiger partial charge on any atom is 0.275 e. The summed E-state index contributed by atoms with van der Waals surface area (Å²) < 4.78 is 1.37. The van der Waals surface area contributed by atoms with Crippen LogP contribution in [-0.2, 0) is 4.79 Å². The van der Waals surface area contributed by atoms with Crippen LogP contribution in [0.3, 0.4) is 0 Å². The molecule has 1 N–H and O–H groups in total. The van der Waals surface area contributed by atoms with Crippen molar-refractivity contribution >= 4 is 27.3 Å². The Hall–Kier alpha value is -1.96. The molecular weight excluding hydrogens is 362 g/mol. The molecule has 8 heteroatoms. The molecule has 2 aromatic rings. The van der Waals surface area contributed by atoms with Crippen molar-refractivity contribution in [1.82, 2.24) is 19.9 Å². The zero-order valence-corrected chi connectivity index (χ0v) is 16.6. The summed E-state index contributed by atoms with van der Waals surface area (Å²) >= 11 is 1.44. The highest BCUT2D eigenvalue weighted by atomic mass is 32.1. The van der Waals surface area contributed by atoms with Crippen molar-refractivity contribution < 1.29 is 4.79 Å². The van der Waals surface area contributed by atoms with Gasteiger partial charge in [-0.3, -0.25) is 9.59 Å². The second-order valence-electron chi connectivity index (χ2n) is 7.77. The van der Waals surface area contributed by atoms with Gasteiger partial charge in [-0.25, -0.2) is 4.98 Å². The Balaban J connectivity index is 1.36. The standard InChI is InChI=1S/C19H27N5O2S/c1-13-12-16(25)24-18(20-13)27-19(22-24)23-10-8-14(9-11-23)17(26)21-15-6-4-2-3-5-7-15/h12,14-15H,2-11H2,1H3,(H,21,26). The van der Waals surface area contributed by atoms with Crippen molar-refractivity contribution in [2.75, 3.05) is 18.0 Å². The first-order chi connectivity index (χ1) is 13.1. The Morgan fingerprint density at radius 1 is 1.15 bits per heavy atom. The van der Waals surface area contributed by atoms with Crippen molar-refractivity contribution in [2.45, 2.75) is 64.3 Å². The fourth-order valence-corrected chi connectivity index (χ4v) is 5.12. The molecule has 7 nitrogen and oxygen atoms in total. The number of aryl methyl sites for hydroxylation is 1. The van der Waals surface area contributed by atoms with E-state index in [0.717, 1.165) is 43.9 Å². The Bertz CT molecular complexity index is 861. The van der Waals surface area contributed by atoms with Crippen molar-refractivity contribution in [3.05, 3.63) is 22.1 Å². The fraction of sp³-hybridized carbons (Fsp3) is 0.684. The lowest BCUT2D eigenvalue weighted by atomic mass is 9.95. The summed E-state index contributed by atoms with van der Waals surface area (Å²) in [5.41, 5.74) is 0.571. The number of carbonyl (C=O) groups is 1. The van der Waals surface area contributed by atoms with Crippen LogP contribution in [0, 0.1) is 12.8 Å². The molecule has 0 unspecified atom stereocenters. The third-order valence-electron chi connectivity index (χ3n) is 5.70. The van der Waals surface area contributed by atoms with Crippen molar-refractivity contribution in [1.29, 1.82) is 0 Å². The van der Waals surface area contributed by atoms with Gasteiger partial charge in [-0.1, -0.05) is 37.0 Å². The number of amides is 1. The van der Waals surface area contributed by atoms with Crippen molar-refractivity contribution in [2.24, 2.45) is 5.92 Å². The van der Waals surface area contributed by atoms with E-state index in [4.69, 9.17) is 0 Å². The molecule has 146 valence electrons. The Morgan fingerprint density at radius 3 is 2.56 bits per heavy atom. The average molecular weight is 390 g/mol. The minimum absolute atomic E-state index is 0.0852. The molecule has 1 aliphatic heterocycles. The van der Waals surface area contributed by atoms with Crippen LogP contribution in [0.1, 0.15) is 57.1 Å². The SMILES string of the molecule is Cc1cc(=O)n2nc(N3CCC(C(=O)NC4CCCCCC4)CC3)sc2n1. The molecule has 4 rings (SSSR count). The molecule has 1 aliphatic carbocycles. The third kappa shape index (κ3) is 4.15. The average Bonchev–Trinajstić information content (AvgIpc) is 2.92. The molecule has 0 spiro atoms. The zero-order valence-electron chi connectivity index (χ0n) is 15.8. The second kappa shape index (κ2) is 7.96. The van der Waals surface area contributed by atoms with E-state index in [2.05, 4.69) is 20.3 Å². The van der Waals surface area contributed by atoms with Gasteiger partial charge in [0.1, 0.15) is 0 Å². The number of fused-ring (bicyclic) bond motifs is 1. The first-order valence-electron chi connectivity index (χ1n) is 10.0. The molecule has 0 radical (unpaired) electrons. The van der Waals surface area contributed by atoms with Crippen LogP contribution >= 0.6 is 11.3 Å². The number of rotatable bonds is 3. The summed E-state index contributed by atoms with van der Waals surface area (Å²) in [6.07, 6.45) is 8.96. The fourth-order valence-electron chi connectivity index (χ4n) is 4.11. The van der Waals surface area contributed by atoms with E-state index in [1.807, 2.05) is 6.92 Å². The predicted molar refractivity (Wildman–Crippen MR) is 106 cm³/mol. The zero-order chi connectivity index (χ0) is 18.8. The van der Waals surface area contributed by atoms with Gasteiger partial charge in [0.15, 0.2) is 0 Å². The Morgan fingerprint density at radius 2 is 1.85 bits per heavy atom. The van der Waals surface area contributed by atoms with Gasteiger partial charge in [0.2, 0.25) is 16.0 Å². The van der Waals surface area contributed by atoms with Gasteiger partial charge in [0.05, 0.1) is 0 Å². The van der Waals surface area contributed by atoms with E-state index < -0.39 is 0 Å². The largest absolute Gasteiger partial charge is 0.353 e. The molecule has 2 aromatic heterocycles. The normalized spacial score (nSPS) is 20.0. The summed E-state index contributed by atoms with van der Waals surface area (Å²) in [6.45, 7) is 3.39. The number of hydrogen-bond acceptors (Lipinski definition) is 6. The van der Waals surface area contributed by atoms with Crippen LogP contribution in [0.5, 0.6) is 0 Å². The van der Waals surface area contributed by atoms with Gasteiger partial charge in [0.25, 0.3) is 5.56 Å². The van der Waals surface area contributed by atoms with Crippen LogP contribution in [0.4, 0.5) is 5.13 Å². The molecular formula is C19H27N5O2S. The Labute approximate surface area is 162 Å². The highest BCUT2D eigenvalue weighted by Gasteiger charge is 2.28. The molecule has 0 atom stereocenters. The number of carbonyl (C=O) groups excluding carboxylic acids is 1. The Kier molecular flexibility index (Phi) is 5.43. The molecule has 1 saturated heterocycles. The van der Waals surface area contributed by atoms with Crippen LogP contribution in [0.25, 0.3) is 4.96 Å². The van der Waals surface area contributed by atoms with Crippen molar-refractivity contribution in [3.63, 3.8) is 0 Å². The lowest BCUT2D eigenvalue weighted by Gasteiger charge is -2.31. The molecule has 2 aliphatic rings. The molecule has 1 saturated carbocycles. The van der Waals surface area contributed by atoms with Gasteiger partial charge in [0, 0.05) is 36.8 Å². The van der Waals surface area contributed by atoms with E-state index >= 15 is 0 Å². The minimum Gasteiger partial charge on any atom is -0.353 e. The lowest BCUT2D eigenvalue weighted by Crippen LogP contribution is -2.43. The number of aromatic nitrogens is 3. The summed E-state index contributed by atoms with van der Waals surface area (Å²) in [5, 5.41) is 8.54. The highest BCUT2D eigenvalue weighted by molar-refractivity contribution is 7.20. The summed E-state index contributed by atoms with van der Waals surface area (Å²) in [4.78, 5) is 31.9.